The summed E-state index contributed by atoms with van der Waals surface area (Å²) in [4.78, 5) is 0. The standard InChI is InChI=1S/C37H39F9O2/c1-2-3-4-5-22-6-8-24(9-7-22)27-19-32(40)35(33(41)20-27)36(42,43)47-28-15-16-29(30(38)21-28)25-12-10-23(11-13-25)26-14-17-34(31(39)18-26)48-37(44,45)46/h14-25H,2-13H2,1H3. The van der Waals surface area contributed by atoms with Crippen LogP contribution in [-0.4, -0.2) is 6.36 Å². The molecule has 0 amide bonds. The van der Waals surface area contributed by atoms with E-state index < -0.39 is 52.8 Å². The molecule has 0 radical (unpaired) electrons. The Morgan fingerprint density at radius 1 is 0.604 bits per heavy atom. The van der Waals surface area contributed by atoms with Gasteiger partial charge in [-0.2, -0.15) is 8.78 Å². The minimum absolute atomic E-state index is 0.115. The van der Waals surface area contributed by atoms with Gasteiger partial charge in [-0.05, 0) is 122 Å². The van der Waals surface area contributed by atoms with E-state index >= 15 is 22.0 Å². The van der Waals surface area contributed by atoms with E-state index in [-0.39, 0.29) is 23.3 Å². The first-order valence-electron chi connectivity index (χ1n) is 16.6. The van der Waals surface area contributed by atoms with E-state index in [9.17, 15) is 17.6 Å². The molecule has 2 aliphatic rings. The van der Waals surface area contributed by atoms with Crippen molar-refractivity contribution in [2.45, 2.75) is 114 Å². The monoisotopic (exact) mass is 686 g/mol. The van der Waals surface area contributed by atoms with Gasteiger partial charge >= 0.3 is 12.5 Å². The second-order valence-corrected chi connectivity index (χ2v) is 13.2. The summed E-state index contributed by atoms with van der Waals surface area (Å²) in [6.07, 6.45) is 0.352. The summed E-state index contributed by atoms with van der Waals surface area (Å²) in [5, 5.41) is 0. The molecule has 48 heavy (non-hydrogen) atoms. The highest BCUT2D eigenvalue weighted by molar-refractivity contribution is 5.36. The van der Waals surface area contributed by atoms with Gasteiger partial charge in [-0.25, -0.2) is 17.6 Å². The van der Waals surface area contributed by atoms with E-state index in [0.29, 0.717) is 42.7 Å². The van der Waals surface area contributed by atoms with E-state index in [1.54, 1.807) is 0 Å². The summed E-state index contributed by atoms with van der Waals surface area (Å²) in [5.41, 5.74) is -0.452. The Morgan fingerprint density at radius 3 is 1.77 bits per heavy atom. The molecular weight excluding hydrogens is 647 g/mol. The molecule has 5 rings (SSSR count). The number of hydrogen-bond acceptors (Lipinski definition) is 2. The molecule has 262 valence electrons. The van der Waals surface area contributed by atoms with E-state index in [4.69, 9.17) is 0 Å². The third-order valence-corrected chi connectivity index (χ3v) is 9.93. The van der Waals surface area contributed by atoms with Gasteiger partial charge in [-0.1, -0.05) is 44.7 Å². The molecule has 0 saturated heterocycles. The first-order chi connectivity index (χ1) is 22.7. The van der Waals surface area contributed by atoms with Crippen molar-refractivity contribution < 1.29 is 49.0 Å². The van der Waals surface area contributed by atoms with E-state index in [1.807, 2.05) is 0 Å². The van der Waals surface area contributed by atoms with Crippen molar-refractivity contribution in [3.8, 4) is 11.5 Å². The fourth-order valence-corrected chi connectivity index (χ4v) is 7.39. The van der Waals surface area contributed by atoms with Gasteiger partial charge < -0.3 is 9.47 Å². The van der Waals surface area contributed by atoms with Crippen LogP contribution in [0.25, 0.3) is 0 Å². The van der Waals surface area contributed by atoms with Crippen LogP contribution in [-0.2, 0) is 6.11 Å². The molecule has 2 saturated carbocycles. The molecule has 0 unspecified atom stereocenters. The third-order valence-electron chi connectivity index (χ3n) is 9.93. The van der Waals surface area contributed by atoms with Crippen LogP contribution in [0.2, 0.25) is 0 Å². The van der Waals surface area contributed by atoms with Crippen molar-refractivity contribution in [3.63, 3.8) is 0 Å². The van der Waals surface area contributed by atoms with Crippen molar-refractivity contribution in [2.24, 2.45) is 5.92 Å². The SMILES string of the molecule is CCCCCC1CCC(c2cc(F)c(C(F)(F)Oc3ccc(C4CCC(c5ccc(OC(F)(F)F)c(F)c5)CC4)c(F)c3)c(F)c2)CC1. The Bertz CT molecular complexity index is 1520. The van der Waals surface area contributed by atoms with Gasteiger partial charge in [0.2, 0.25) is 0 Å². The average molecular weight is 687 g/mol. The zero-order chi connectivity index (χ0) is 34.6. The van der Waals surface area contributed by atoms with E-state index in [1.165, 1.54) is 18.6 Å². The van der Waals surface area contributed by atoms with Crippen LogP contribution in [0.5, 0.6) is 11.5 Å². The number of unbranched alkanes of at least 4 members (excludes halogenated alkanes) is 2. The van der Waals surface area contributed by atoms with Crippen molar-refractivity contribution in [1.29, 1.82) is 0 Å². The van der Waals surface area contributed by atoms with Crippen molar-refractivity contribution in [1.82, 2.24) is 0 Å². The number of halogens is 9. The molecule has 2 nitrogen and oxygen atoms in total. The molecular formula is C37H39F9O2. The maximum Gasteiger partial charge on any atom is 0.573 e. The van der Waals surface area contributed by atoms with Gasteiger partial charge in [-0.15, -0.1) is 13.2 Å². The van der Waals surface area contributed by atoms with Crippen LogP contribution in [0, 0.1) is 29.2 Å². The molecule has 0 N–H and O–H groups in total. The Labute approximate surface area is 274 Å². The molecule has 3 aromatic carbocycles. The highest BCUT2D eigenvalue weighted by atomic mass is 19.4. The molecule has 2 aliphatic carbocycles. The first kappa shape index (κ1) is 35.9. The van der Waals surface area contributed by atoms with E-state index in [2.05, 4.69) is 16.4 Å². The summed E-state index contributed by atoms with van der Waals surface area (Å²) < 4.78 is 135. The predicted molar refractivity (Wildman–Crippen MR) is 163 cm³/mol. The molecule has 0 heterocycles. The Morgan fingerprint density at radius 2 is 1.19 bits per heavy atom. The zero-order valence-electron chi connectivity index (χ0n) is 26.6. The van der Waals surface area contributed by atoms with Gasteiger partial charge in [0.1, 0.15) is 28.8 Å². The summed E-state index contributed by atoms with van der Waals surface area (Å²) >= 11 is 0. The topological polar surface area (TPSA) is 18.5 Å². The predicted octanol–water partition coefficient (Wildman–Crippen LogP) is 12.6. The summed E-state index contributed by atoms with van der Waals surface area (Å²) in [6.45, 7) is 2.14. The lowest BCUT2D eigenvalue weighted by Crippen LogP contribution is -2.26. The fraction of sp³-hybridized carbons (Fsp3) is 0.514. The number of ether oxygens (including phenoxy) is 2. The van der Waals surface area contributed by atoms with Crippen LogP contribution < -0.4 is 9.47 Å². The van der Waals surface area contributed by atoms with Crippen molar-refractivity contribution >= 4 is 0 Å². The zero-order valence-corrected chi connectivity index (χ0v) is 26.6. The summed E-state index contributed by atoms with van der Waals surface area (Å²) in [6, 6.07) is 8.37. The van der Waals surface area contributed by atoms with E-state index in [0.717, 1.165) is 81.3 Å². The number of hydrogen-bond donors (Lipinski definition) is 0. The Balaban J connectivity index is 1.19. The lowest BCUT2D eigenvalue weighted by Gasteiger charge is -2.30. The second-order valence-electron chi connectivity index (χ2n) is 13.2. The average Bonchev–Trinajstić information content (AvgIpc) is 3.01. The lowest BCUT2D eigenvalue weighted by molar-refractivity contribution is -0.275. The van der Waals surface area contributed by atoms with Gasteiger partial charge in [0.25, 0.3) is 0 Å². The Hall–Kier alpha value is -3.37. The number of benzene rings is 3. The lowest BCUT2D eigenvalue weighted by atomic mass is 9.76. The maximum absolute atomic E-state index is 15.2. The largest absolute Gasteiger partial charge is 0.573 e. The molecule has 2 fully saturated rings. The molecule has 0 bridgehead atoms. The molecule has 0 spiro atoms. The minimum atomic E-state index is -5.02. The molecule has 0 aliphatic heterocycles. The van der Waals surface area contributed by atoms with Gasteiger partial charge in [0.05, 0.1) is 0 Å². The van der Waals surface area contributed by atoms with Crippen LogP contribution in [0.3, 0.4) is 0 Å². The minimum Gasteiger partial charge on any atom is -0.429 e. The Kier molecular flexibility index (Phi) is 11.2. The van der Waals surface area contributed by atoms with Gasteiger partial charge in [0.15, 0.2) is 11.6 Å². The summed E-state index contributed by atoms with van der Waals surface area (Å²) in [5.74, 6) is -6.36. The highest BCUT2D eigenvalue weighted by Crippen LogP contribution is 2.44. The molecule has 0 atom stereocenters. The quantitative estimate of drug-likeness (QED) is 0.148. The fourth-order valence-electron chi connectivity index (χ4n) is 7.39. The van der Waals surface area contributed by atoms with Crippen LogP contribution in [0.4, 0.5) is 39.5 Å². The highest BCUT2D eigenvalue weighted by Gasteiger charge is 2.42. The number of rotatable bonds is 11. The second kappa shape index (κ2) is 15.0. The molecule has 11 heteroatoms. The normalized spacial score (nSPS) is 22.0. The van der Waals surface area contributed by atoms with Crippen LogP contribution in [0.1, 0.15) is 124 Å². The van der Waals surface area contributed by atoms with Gasteiger partial charge in [-0.3, -0.25) is 0 Å². The van der Waals surface area contributed by atoms with Crippen LogP contribution in [0.15, 0.2) is 48.5 Å². The van der Waals surface area contributed by atoms with Crippen molar-refractivity contribution in [2.75, 3.05) is 0 Å². The van der Waals surface area contributed by atoms with Crippen LogP contribution >= 0.6 is 0 Å². The third kappa shape index (κ3) is 8.80. The van der Waals surface area contributed by atoms with Crippen molar-refractivity contribution in [3.05, 3.63) is 94.1 Å². The van der Waals surface area contributed by atoms with Gasteiger partial charge in [0, 0.05) is 6.07 Å². The molecule has 0 aromatic heterocycles. The number of alkyl halides is 5. The smallest absolute Gasteiger partial charge is 0.429 e. The molecule has 3 aromatic rings. The first-order valence-corrected chi connectivity index (χ1v) is 16.6. The maximum atomic E-state index is 15.2. The summed E-state index contributed by atoms with van der Waals surface area (Å²) in [7, 11) is 0.